The van der Waals surface area contributed by atoms with Crippen molar-refractivity contribution in [3.63, 3.8) is 0 Å². The molecule has 56 valence electrons. The fraction of sp³-hybridized carbons (Fsp3) is 0.143. The second-order valence-corrected chi connectivity index (χ2v) is 1.94. The van der Waals surface area contributed by atoms with Crippen LogP contribution in [0.4, 0.5) is 5.82 Å². The van der Waals surface area contributed by atoms with E-state index in [0.29, 0.717) is 5.82 Å². The SMILES string of the molecule is C#CC(=O)Nc1nocc1C. The van der Waals surface area contributed by atoms with Crippen LogP contribution in [0.5, 0.6) is 0 Å². The number of nitrogens with zero attached hydrogens (tertiary/aromatic N) is 1. The molecule has 0 saturated carbocycles. The molecule has 11 heavy (non-hydrogen) atoms. The van der Waals surface area contributed by atoms with Gasteiger partial charge < -0.3 is 4.52 Å². The van der Waals surface area contributed by atoms with Gasteiger partial charge in [-0.2, -0.15) is 0 Å². The summed E-state index contributed by atoms with van der Waals surface area (Å²) >= 11 is 0. The van der Waals surface area contributed by atoms with Crippen molar-refractivity contribution in [3.05, 3.63) is 11.8 Å². The lowest BCUT2D eigenvalue weighted by Crippen LogP contribution is -2.08. The van der Waals surface area contributed by atoms with Crippen LogP contribution in [0.25, 0.3) is 0 Å². The zero-order valence-electron chi connectivity index (χ0n) is 5.92. The van der Waals surface area contributed by atoms with E-state index in [9.17, 15) is 4.79 Å². The van der Waals surface area contributed by atoms with Gasteiger partial charge in [0, 0.05) is 5.56 Å². The summed E-state index contributed by atoms with van der Waals surface area (Å²) in [6.45, 7) is 1.75. The molecule has 1 amide bonds. The third-order valence-electron chi connectivity index (χ3n) is 1.11. The molecular formula is C7H6N2O2. The maximum atomic E-state index is 10.6. The third-order valence-corrected chi connectivity index (χ3v) is 1.11. The Kier molecular flexibility index (Phi) is 1.93. The Balaban J connectivity index is 2.73. The zero-order valence-corrected chi connectivity index (χ0v) is 5.92. The maximum absolute atomic E-state index is 10.6. The van der Waals surface area contributed by atoms with Crippen LogP contribution < -0.4 is 5.32 Å². The predicted molar refractivity (Wildman–Crippen MR) is 38.7 cm³/mol. The van der Waals surface area contributed by atoms with Gasteiger partial charge in [0.2, 0.25) is 0 Å². The Bertz CT molecular complexity index is 308. The Morgan fingerprint density at radius 1 is 1.91 bits per heavy atom. The number of anilines is 1. The Labute approximate surface area is 63.6 Å². The predicted octanol–water partition coefficient (Wildman–Crippen LogP) is 0.555. The van der Waals surface area contributed by atoms with Gasteiger partial charge in [-0.15, -0.1) is 6.42 Å². The molecule has 1 aromatic rings. The number of nitrogens with one attached hydrogen (secondary N) is 1. The van der Waals surface area contributed by atoms with E-state index in [2.05, 4.69) is 15.0 Å². The molecule has 1 N–H and O–H groups in total. The third kappa shape index (κ3) is 1.58. The standard InChI is InChI=1S/C7H6N2O2/c1-3-6(10)8-7-5(2)4-11-9-7/h1,4H,2H3,(H,8,9,10). The van der Waals surface area contributed by atoms with Crippen molar-refractivity contribution in [2.24, 2.45) is 0 Å². The fourth-order valence-electron chi connectivity index (χ4n) is 0.551. The Morgan fingerprint density at radius 3 is 3.09 bits per heavy atom. The molecule has 0 radical (unpaired) electrons. The maximum Gasteiger partial charge on any atom is 0.301 e. The van der Waals surface area contributed by atoms with Gasteiger partial charge >= 0.3 is 5.91 Å². The van der Waals surface area contributed by atoms with Crippen molar-refractivity contribution in [1.29, 1.82) is 0 Å². The summed E-state index contributed by atoms with van der Waals surface area (Å²) < 4.78 is 4.56. The van der Waals surface area contributed by atoms with Crippen LogP contribution in [0, 0.1) is 19.3 Å². The molecule has 0 spiro atoms. The number of hydrogen-bond donors (Lipinski definition) is 1. The number of aromatic nitrogens is 1. The van der Waals surface area contributed by atoms with E-state index in [0.717, 1.165) is 5.56 Å². The summed E-state index contributed by atoms with van der Waals surface area (Å²) in [6.07, 6.45) is 6.24. The topological polar surface area (TPSA) is 55.1 Å². The van der Waals surface area contributed by atoms with Crippen LogP contribution in [-0.4, -0.2) is 11.1 Å². The van der Waals surface area contributed by atoms with E-state index in [1.165, 1.54) is 6.26 Å². The number of terminal acetylenes is 1. The van der Waals surface area contributed by atoms with Crippen LogP contribution >= 0.6 is 0 Å². The molecule has 4 nitrogen and oxygen atoms in total. The van der Waals surface area contributed by atoms with E-state index in [1.807, 2.05) is 5.92 Å². The molecule has 0 aliphatic carbocycles. The van der Waals surface area contributed by atoms with Crippen molar-refractivity contribution in [1.82, 2.24) is 5.16 Å². The molecule has 0 fully saturated rings. The van der Waals surface area contributed by atoms with Gasteiger partial charge in [0.1, 0.15) is 6.26 Å². The largest absolute Gasteiger partial charge is 0.362 e. The summed E-state index contributed by atoms with van der Waals surface area (Å²) in [7, 11) is 0. The minimum Gasteiger partial charge on any atom is -0.362 e. The van der Waals surface area contributed by atoms with Gasteiger partial charge in [0.05, 0.1) is 0 Å². The molecule has 0 atom stereocenters. The monoisotopic (exact) mass is 150 g/mol. The molecular weight excluding hydrogens is 144 g/mol. The average molecular weight is 150 g/mol. The van der Waals surface area contributed by atoms with Gasteiger partial charge in [-0.05, 0) is 12.8 Å². The number of aryl methyl sites for hydroxylation is 1. The van der Waals surface area contributed by atoms with E-state index in [-0.39, 0.29) is 0 Å². The van der Waals surface area contributed by atoms with Gasteiger partial charge in [-0.3, -0.25) is 10.1 Å². The minimum atomic E-state index is -0.526. The molecule has 0 aromatic carbocycles. The molecule has 0 aliphatic heterocycles. The van der Waals surface area contributed by atoms with Crippen molar-refractivity contribution in [2.45, 2.75) is 6.92 Å². The van der Waals surface area contributed by atoms with Crippen LogP contribution in [0.2, 0.25) is 0 Å². The van der Waals surface area contributed by atoms with Crippen molar-refractivity contribution >= 4 is 11.7 Å². The summed E-state index contributed by atoms with van der Waals surface area (Å²) in [4.78, 5) is 10.6. The van der Waals surface area contributed by atoms with Gasteiger partial charge in [0.25, 0.3) is 0 Å². The van der Waals surface area contributed by atoms with Gasteiger partial charge in [-0.1, -0.05) is 5.16 Å². The normalized spacial score (nSPS) is 8.73. The fourth-order valence-corrected chi connectivity index (χ4v) is 0.551. The molecule has 1 aromatic heterocycles. The Morgan fingerprint density at radius 2 is 2.64 bits per heavy atom. The van der Waals surface area contributed by atoms with Crippen LogP contribution in [-0.2, 0) is 4.79 Å². The van der Waals surface area contributed by atoms with E-state index >= 15 is 0 Å². The molecule has 1 rings (SSSR count). The number of hydrogen-bond acceptors (Lipinski definition) is 3. The molecule has 1 heterocycles. The molecule has 0 saturated heterocycles. The second-order valence-electron chi connectivity index (χ2n) is 1.94. The highest BCUT2D eigenvalue weighted by atomic mass is 16.5. The lowest BCUT2D eigenvalue weighted by molar-refractivity contribution is -0.111. The van der Waals surface area contributed by atoms with Crippen molar-refractivity contribution in [2.75, 3.05) is 5.32 Å². The quantitative estimate of drug-likeness (QED) is 0.595. The summed E-state index contributed by atoms with van der Waals surface area (Å²) in [5, 5.41) is 5.86. The highest BCUT2D eigenvalue weighted by Gasteiger charge is 2.04. The first-order valence-electron chi connectivity index (χ1n) is 2.92. The van der Waals surface area contributed by atoms with E-state index in [1.54, 1.807) is 6.92 Å². The summed E-state index contributed by atoms with van der Waals surface area (Å²) in [6, 6.07) is 0. The number of carbonyl (C=O) groups is 1. The lowest BCUT2D eigenvalue weighted by Gasteiger charge is -1.92. The van der Waals surface area contributed by atoms with Gasteiger partial charge in [0.15, 0.2) is 5.82 Å². The van der Waals surface area contributed by atoms with Crippen molar-refractivity contribution < 1.29 is 9.32 Å². The average Bonchev–Trinajstić information content (AvgIpc) is 2.37. The molecule has 0 bridgehead atoms. The first-order valence-corrected chi connectivity index (χ1v) is 2.92. The Hall–Kier alpha value is -1.76. The molecule has 0 unspecified atom stereocenters. The first-order chi connectivity index (χ1) is 5.24. The second kappa shape index (κ2) is 2.88. The number of carbonyl (C=O) groups excluding carboxylic acids is 1. The molecule has 0 aliphatic rings. The van der Waals surface area contributed by atoms with E-state index in [4.69, 9.17) is 6.42 Å². The smallest absolute Gasteiger partial charge is 0.301 e. The number of rotatable bonds is 1. The van der Waals surface area contributed by atoms with Crippen LogP contribution in [0.15, 0.2) is 10.8 Å². The van der Waals surface area contributed by atoms with Crippen LogP contribution in [0.1, 0.15) is 5.56 Å². The summed E-state index contributed by atoms with van der Waals surface area (Å²) in [5.41, 5.74) is 0.744. The zero-order chi connectivity index (χ0) is 8.27. The minimum absolute atomic E-state index is 0.368. The van der Waals surface area contributed by atoms with Crippen LogP contribution in [0.3, 0.4) is 0 Å². The lowest BCUT2D eigenvalue weighted by atomic mass is 10.4. The molecule has 4 heteroatoms. The highest BCUT2D eigenvalue weighted by Crippen LogP contribution is 2.09. The summed E-state index contributed by atoms with van der Waals surface area (Å²) in [5.74, 6) is 1.74. The number of amides is 1. The highest BCUT2D eigenvalue weighted by molar-refractivity contribution is 6.03. The van der Waals surface area contributed by atoms with Gasteiger partial charge in [-0.25, -0.2) is 0 Å². The van der Waals surface area contributed by atoms with E-state index < -0.39 is 5.91 Å². The first kappa shape index (κ1) is 7.35. The van der Waals surface area contributed by atoms with Crippen molar-refractivity contribution in [3.8, 4) is 12.3 Å².